The highest BCUT2D eigenvalue weighted by Crippen LogP contribution is 2.23. The van der Waals surface area contributed by atoms with Crippen molar-refractivity contribution in [2.24, 2.45) is 5.73 Å². The van der Waals surface area contributed by atoms with E-state index in [0.717, 1.165) is 11.3 Å². The van der Waals surface area contributed by atoms with Crippen molar-refractivity contribution < 1.29 is 0 Å². The normalized spacial score (nSPS) is 12.0. The summed E-state index contributed by atoms with van der Waals surface area (Å²) in [5.74, 6) is 0. The van der Waals surface area contributed by atoms with Crippen LogP contribution in [0, 0.1) is 0 Å². The maximum atomic E-state index is 6.00. The molecule has 0 saturated carbocycles. The Morgan fingerprint density at radius 1 is 1.15 bits per heavy atom. The zero-order valence-electron chi connectivity index (χ0n) is 11.8. The van der Waals surface area contributed by atoms with E-state index in [0.29, 0.717) is 11.6 Å². The van der Waals surface area contributed by atoms with Gasteiger partial charge >= 0.3 is 0 Å². The number of hydrogen-bond acceptors (Lipinski definition) is 3. The Hall–Kier alpha value is -1.71. The highest BCUT2D eigenvalue weighted by Gasteiger charge is 2.09. The highest BCUT2D eigenvalue weighted by molar-refractivity contribution is 6.30. The number of nitrogens with one attached hydrogen (secondary N) is 1. The Bertz CT molecular complexity index is 552. The summed E-state index contributed by atoms with van der Waals surface area (Å²) >= 11 is 6.00. The number of rotatable bonds is 5. The first-order chi connectivity index (χ1) is 9.60. The number of nitrogens with zero attached hydrogens (tertiary/aromatic N) is 1. The topological polar surface area (TPSA) is 41.3 Å². The van der Waals surface area contributed by atoms with Crippen molar-refractivity contribution >= 4 is 23.0 Å². The second-order valence-corrected chi connectivity index (χ2v) is 5.37. The van der Waals surface area contributed by atoms with Crippen molar-refractivity contribution in [1.82, 2.24) is 0 Å². The third-order valence-electron chi connectivity index (χ3n) is 3.21. The van der Waals surface area contributed by atoms with Crippen LogP contribution in [0.2, 0.25) is 5.02 Å². The van der Waals surface area contributed by atoms with Crippen LogP contribution in [0.25, 0.3) is 0 Å². The zero-order chi connectivity index (χ0) is 14.5. The second-order valence-electron chi connectivity index (χ2n) is 4.93. The lowest BCUT2D eigenvalue weighted by atomic mass is 10.1. The summed E-state index contributed by atoms with van der Waals surface area (Å²) in [6.07, 6.45) is 0. The van der Waals surface area contributed by atoms with Gasteiger partial charge < -0.3 is 16.0 Å². The van der Waals surface area contributed by atoms with E-state index in [2.05, 4.69) is 34.5 Å². The minimum absolute atomic E-state index is 0.0738. The zero-order valence-corrected chi connectivity index (χ0v) is 12.6. The molecule has 3 N–H and O–H groups in total. The molecule has 0 fully saturated rings. The molecule has 0 bridgehead atoms. The van der Waals surface area contributed by atoms with Crippen molar-refractivity contribution in [1.29, 1.82) is 0 Å². The molecule has 0 spiro atoms. The molecule has 0 aliphatic rings. The maximum Gasteiger partial charge on any atom is 0.0636 e. The molecule has 3 nitrogen and oxygen atoms in total. The molecule has 4 heteroatoms. The van der Waals surface area contributed by atoms with Crippen molar-refractivity contribution in [2.45, 2.75) is 6.04 Å². The molecule has 20 heavy (non-hydrogen) atoms. The van der Waals surface area contributed by atoms with Crippen LogP contribution >= 0.6 is 11.6 Å². The predicted octanol–water partition coefficient (Wildman–Crippen LogP) is 3.52. The van der Waals surface area contributed by atoms with Crippen LogP contribution in [-0.4, -0.2) is 20.6 Å². The molecule has 2 aromatic rings. The van der Waals surface area contributed by atoms with Crippen LogP contribution < -0.4 is 16.0 Å². The van der Waals surface area contributed by atoms with Gasteiger partial charge in [0.2, 0.25) is 0 Å². The fraction of sp³-hybridized carbons (Fsp3) is 0.250. The molecule has 0 aliphatic heterocycles. The first-order valence-corrected chi connectivity index (χ1v) is 6.97. The Morgan fingerprint density at radius 3 is 2.40 bits per heavy atom. The summed E-state index contributed by atoms with van der Waals surface area (Å²) in [6.45, 7) is 0.522. The van der Waals surface area contributed by atoms with Crippen molar-refractivity contribution in [3.05, 3.63) is 59.1 Å². The van der Waals surface area contributed by atoms with Gasteiger partial charge in [-0.25, -0.2) is 0 Å². The van der Waals surface area contributed by atoms with Gasteiger partial charge in [-0.1, -0.05) is 29.8 Å². The summed E-state index contributed by atoms with van der Waals surface area (Å²) in [4.78, 5) is 2.08. The first kappa shape index (κ1) is 14.7. The van der Waals surface area contributed by atoms with E-state index >= 15 is 0 Å². The van der Waals surface area contributed by atoms with E-state index in [4.69, 9.17) is 17.3 Å². The summed E-state index contributed by atoms with van der Waals surface area (Å²) < 4.78 is 0. The summed E-state index contributed by atoms with van der Waals surface area (Å²) in [6, 6.07) is 16.1. The largest absolute Gasteiger partial charge is 0.378 e. The van der Waals surface area contributed by atoms with E-state index in [1.54, 1.807) is 0 Å². The van der Waals surface area contributed by atoms with Gasteiger partial charge in [0.1, 0.15) is 0 Å². The third-order valence-corrected chi connectivity index (χ3v) is 3.45. The van der Waals surface area contributed by atoms with E-state index in [9.17, 15) is 0 Å². The van der Waals surface area contributed by atoms with Crippen LogP contribution in [0.15, 0.2) is 48.5 Å². The van der Waals surface area contributed by atoms with Gasteiger partial charge in [-0.2, -0.15) is 0 Å². The average Bonchev–Trinajstić information content (AvgIpc) is 2.45. The SMILES string of the molecule is CN(C)c1ccc(C(CN)Nc2cccc(Cl)c2)cc1. The lowest BCUT2D eigenvalue weighted by molar-refractivity contribution is 0.790. The lowest BCUT2D eigenvalue weighted by Gasteiger charge is -2.20. The van der Waals surface area contributed by atoms with E-state index in [1.807, 2.05) is 38.4 Å². The van der Waals surface area contributed by atoms with E-state index < -0.39 is 0 Å². The number of halogens is 1. The minimum atomic E-state index is 0.0738. The third kappa shape index (κ3) is 3.65. The maximum absolute atomic E-state index is 6.00. The lowest BCUT2D eigenvalue weighted by Crippen LogP contribution is -2.20. The van der Waals surface area contributed by atoms with Crippen LogP contribution in [0.1, 0.15) is 11.6 Å². The first-order valence-electron chi connectivity index (χ1n) is 6.59. The second kappa shape index (κ2) is 6.64. The number of anilines is 2. The van der Waals surface area contributed by atoms with Gasteiger partial charge in [-0.05, 0) is 35.9 Å². The molecule has 1 unspecified atom stereocenters. The molecular formula is C16H20ClN3. The highest BCUT2D eigenvalue weighted by atomic mass is 35.5. The summed E-state index contributed by atoms with van der Waals surface area (Å²) in [5.41, 5.74) is 9.20. The van der Waals surface area contributed by atoms with Gasteiger partial charge in [-0.15, -0.1) is 0 Å². The van der Waals surface area contributed by atoms with Crippen molar-refractivity contribution in [2.75, 3.05) is 30.9 Å². The Morgan fingerprint density at radius 2 is 1.85 bits per heavy atom. The number of hydrogen-bond donors (Lipinski definition) is 2. The van der Waals surface area contributed by atoms with Crippen molar-refractivity contribution in [3.63, 3.8) is 0 Å². The molecule has 0 heterocycles. The van der Waals surface area contributed by atoms with Gasteiger partial charge in [0.05, 0.1) is 6.04 Å². The molecule has 2 aromatic carbocycles. The summed E-state index contributed by atoms with van der Waals surface area (Å²) in [7, 11) is 4.05. The minimum Gasteiger partial charge on any atom is -0.378 e. The van der Waals surface area contributed by atoms with E-state index in [-0.39, 0.29) is 6.04 Å². The molecular weight excluding hydrogens is 270 g/mol. The van der Waals surface area contributed by atoms with Crippen molar-refractivity contribution in [3.8, 4) is 0 Å². The Kier molecular flexibility index (Phi) is 4.88. The monoisotopic (exact) mass is 289 g/mol. The van der Waals surface area contributed by atoms with Crippen LogP contribution in [-0.2, 0) is 0 Å². The fourth-order valence-corrected chi connectivity index (χ4v) is 2.25. The standard InChI is InChI=1S/C16H20ClN3/c1-20(2)15-8-6-12(7-9-15)16(11-18)19-14-5-3-4-13(17)10-14/h3-10,16,19H,11,18H2,1-2H3. The van der Waals surface area contributed by atoms with Crippen LogP contribution in [0.3, 0.4) is 0 Å². The molecule has 2 rings (SSSR count). The van der Waals surface area contributed by atoms with Crippen LogP contribution in [0.4, 0.5) is 11.4 Å². The quantitative estimate of drug-likeness (QED) is 0.885. The molecule has 106 valence electrons. The molecule has 0 saturated heterocycles. The number of nitrogens with two attached hydrogens (primary N) is 1. The smallest absolute Gasteiger partial charge is 0.0636 e. The van der Waals surface area contributed by atoms with Crippen LogP contribution in [0.5, 0.6) is 0 Å². The molecule has 0 radical (unpaired) electrons. The molecule has 1 atom stereocenters. The fourth-order valence-electron chi connectivity index (χ4n) is 2.06. The molecule has 0 amide bonds. The Labute approximate surface area is 125 Å². The predicted molar refractivity (Wildman–Crippen MR) is 87.6 cm³/mol. The number of benzene rings is 2. The van der Waals surface area contributed by atoms with Gasteiger partial charge in [-0.3, -0.25) is 0 Å². The molecule has 0 aromatic heterocycles. The Balaban J connectivity index is 2.15. The van der Waals surface area contributed by atoms with Gasteiger partial charge in [0.15, 0.2) is 0 Å². The average molecular weight is 290 g/mol. The van der Waals surface area contributed by atoms with Gasteiger partial charge in [0.25, 0.3) is 0 Å². The molecule has 0 aliphatic carbocycles. The van der Waals surface area contributed by atoms with E-state index in [1.165, 1.54) is 5.69 Å². The van der Waals surface area contributed by atoms with Gasteiger partial charge in [0, 0.05) is 37.0 Å². The summed E-state index contributed by atoms with van der Waals surface area (Å²) in [5, 5.41) is 4.13.